The second-order valence-electron chi connectivity index (χ2n) is 24.6. The molecule has 328 valence electrons. The SMILES string of the molecule is Cc1ccc2c(c1)C(C)(C)c1cc(C(C)(C)C)ccc1N2c1ccc2c(c1)[C@]13CC(C)C[C@]1(CC(C)C3)c1cc(N3c4ccc(C)cc4C(C)(C)c4cc(C(C)(C)C)ccc43)ccc1-2. The summed E-state index contributed by atoms with van der Waals surface area (Å²) in [6.45, 7) is 33.4. The molecule has 2 fully saturated rings. The molecule has 2 heteroatoms. The number of anilines is 6. The van der Waals surface area contributed by atoms with Gasteiger partial charge < -0.3 is 9.80 Å². The molecule has 0 spiro atoms. The molecule has 11 rings (SSSR count). The second-order valence-corrected chi connectivity index (χ2v) is 24.6. The lowest BCUT2D eigenvalue weighted by Gasteiger charge is -2.49. The third kappa shape index (κ3) is 5.62. The summed E-state index contributed by atoms with van der Waals surface area (Å²) in [5, 5.41) is 0. The maximum absolute atomic E-state index is 2.68. The van der Waals surface area contributed by atoms with Gasteiger partial charge in [0.2, 0.25) is 0 Å². The van der Waals surface area contributed by atoms with E-state index in [-0.39, 0.29) is 32.5 Å². The molecule has 0 saturated heterocycles. The van der Waals surface area contributed by atoms with Crippen molar-refractivity contribution in [3.63, 3.8) is 0 Å². The van der Waals surface area contributed by atoms with Crippen LogP contribution in [0.15, 0.2) is 109 Å². The molecule has 2 nitrogen and oxygen atoms in total. The molecule has 5 aliphatic rings. The van der Waals surface area contributed by atoms with E-state index < -0.39 is 0 Å². The number of hydrogen-bond donors (Lipinski definition) is 0. The van der Waals surface area contributed by atoms with E-state index in [1.807, 2.05) is 0 Å². The Kier molecular flexibility index (Phi) is 8.63. The van der Waals surface area contributed by atoms with E-state index in [1.54, 1.807) is 11.1 Å². The zero-order chi connectivity index (χ0) is 45.3. The zero-order valence-corrected chi connectivity index (χ0v) is 41.3. The Morgan fingerprint density at radius 1 is 0.406 bits per heavy atom. The largest absolute Gasteiger partial charge is 0.310 e. The fraction of sp³-hybridized carbons (Fsp3) is 0.419. The minimum absolute atomic E-state index is 0.0644. The van der Waals surface area contributed by atoms with Gasteiger partial charge >= 0.3 is 0 Å². The van der Waals surface area contributed by atoms with Gasteiger partial charge in [0.15, 0.2) is 0 Å². The number of hydrogen-bond acceptors (Lipinski definition) is 2. The van der Waals surface area contributed by atoms with Gasteiger partial charge in [-0.1, -0.05) is 155 Å². The molecule has 0 radical (unpaired) electrons. The Morgan fingerprint density at radius 3 is 1.08 bits per heavy atom. The molecule has 64 heavy (non-hydrogen) atoms. The van der Waals surface area contributed by atoms with Gasteiger partial charge in [-0.25, -0.2) is 0 Å². The van der Waals surface area contributed by atoms with E-state index in [9.17, 15) is 0 Å². The molecule has 0 atom stereocenters. The number of fused-ring (bicyclic) bond motifs is 7. The van der Waals surface area contributed by atoms with Crippen LogP contribution in [-0.2, 0) is 32.5 Å². The van der Waals surface area contributed by atoms with E-state index in [0.29, 0.717) is 11.8 Å². The van der Waals surface area contributed by atoms with E-state index in [0.717, 1.165) is 0 Å². The minimum Gasteiger partial charge on any atom is -0.310 e. The summed E-state index contributed by atoms with van der Waals surface area (Å²) < 4.78 is 0. The van der Waals surface area contributed by atoms with Crippen LogP contribution >= 0.6 is 0 Å². The summed E-state index contributed by atoms with van der Waals surface area (Å²) in [5.74, 6) is 1.29. The Balaban J connectivity index is 1.13. The van der Waals surface area contributed by atoms with E-state index in [4.69, 9.17) is 0 Å². The summed E-state index contributed by atoms with van der Waals surface area (Å²) in [7, 11) is 0. The molecule has 2 aliphatic heterocycles. The van der Waals surface area contributed by atoms with Crippen LogP contribution in [-0.4, -0.2) is 0 Å². The first-order chi connectivity index (χ1) is 30.0. The molecule has 2 saturated carbocycles. The third-order valence-corrected chi connectivity index (χ3v) is 17.2. The summed E-state index contributed by atoms with van der Waals surface area (Å²) in [5.41, 5.74) is 25.0. The molecule has 0 N–H and O–H groups in total. The quantitative estimate of drug-likeness (QED) is 0.171. The van der Waals surface area contributed by atoms with Gasteiger partial charge in [-0.15, -0.1) is 0 Å². The van der Waals surface area contributed by atoms with E-state index in [1.165, 1.54) is 115 Å². The Morgan fingerprint density at radius 2 is 0.734 bits per heavy atom. The van der Waals surface area contributed by atoms with Crippen molar-refractivity contribution in [2.75, 3.05) is 9.80 Å². The van der Waals surface area contributed by atoms with Crippen LogP contribution < -0.4 is 9.80 Å². The number of rotatable bonds is 2. The molecule has 2 heterocycles. The number of benzene rings is 6. The standard InChI is InChI=1S/C62H70N2/c1-37-15-23-53-49(27-37)59(11,12)51-29-41(57(5,6)7)17-25-55(51)63(53)43-19-21-45-46-22-20-44(32-48(46)62-35-39(3)33-61(62,47(45)31-43)34-40(4)36-62)64-54-24-16-38(2)28-50(54)60(13,14)52-30-42(58(8,9)10)18-26-56(52)64/h15-32,39-40H,33-36H2,1-14H3/t39?,40?,61-,62+. The molecular weight excluding hydrogens is 773 g/mol. The molecule has 3 aliphatic carbocycles. The predicted molar refractivity (Wildman–Crippen MR) is 273 cm³/mol. The van der Waals surface area contributed by atoms with Crippen LogP contribution in [0.25, 0.3) is 11.1 Å². The fourth-order valence-corrected chi connectivity index (χ4v) is 14.2. The normalized spacial score (nSPS) is 24.5. The first-order valence-electron chi connectivity index (χ1n) is 24.5. The van der Waals surface area contributed by atoms with Gasteiger partial charge in [0.25, 0.3) is 0 Å². The Bertz CT molecular complexity index is 2730. The van der Waals surface area contributed by atoms with Crippen molar-refractivity contribution in [2.24, 2.45) is 11.8 Å². The van der Waals surface area contributed by atoms with Gasteiger partial charge in [0.05, 0.1) is 22.7 Å². The van der Waals surface area contributed by atoms with Crippen molar-refractivity contribution in [3.05, 3.63) is 165 Å². The van der Waals surface area contributed by atoms with Crippen molar-refractivity contribution in [3.8, 4) is 11.1 Å². The maximum atomic E-state index is 2.68. The van der Waals surface area contributed by atoms with E-state index in [2.05, 4.69) is 216 Å². The van der Waals surface area contributed by atoms with Gasteiger partial charge in [0.1, 0.15) is 0 Å². The van der Waals surface area contributed by atoms with Crippen molar-refractivity contribution in [2.45, 2.75) is 155 Å². The number of aryl methyl sites for hydroxylation is 2. The summed E-state index contributed by atoms with van der Waals surface area (Å²) in [4.78, 5) is 5.24. The first kappa shape index (κ1) is 41.6. The van der Waals surface area contributed by atoms with Crippen LogP contribution in [0, 0.1) is 25.7 Å². The fourth-order valence-electron chi connectivity index (χ4n) is 14.2. The van der Waals surface area contributed by atoms with Crippen LogP contribution in [0.5, 0.6) is 0 Å². The van der Waals surface area contributed by atoms with Crippen LogP contribution in [0.4, 0.5) is 34.1 Å². The smallest absolute Gasteiger partial charge is 0.0502 e. The first-order valence-corrected chi connectivity index (χ1v) is 24.5. The molecule has 0 amide bonds. The van der Waals surface area contributed by atoms with Crippen molar-refractivity contribution >= 4 is 34.1 Å². The summed E-state index contributed by atoms with van der Waals surface area (Å²) in [6, 6.07) is 44.3. The minimum atomic E-state index is -0.131. The average Bonchev–Trinajstić information content (AvgIpc) is 3.68. The van der Waals surface area contributed by atoms with Crippen molar-refractivity contribution in [1.82, 2.24) is 0 Å². The number of nitrogens with zero attached hydrogens (tertiary/aromatic N) is 2. The van der Waals surface area contributed by atoms with Crippen molar-refractivity contribution in [1.29, 1.82) is 0 Å². The Labute approximate surface area is 385 Å². The topological polar surface area (TPSA) is 6.48 Å². The van der Waals surface area contributed by atoms with Gasteiger partial charge in [0, 0.05) is 33.0 Å². The molecule has 6 aromatic rings. The third-order valence-electron chi connectivity index (χ3n) is 17.2. The molecular formula is C62H70N2. The maximum Gasteiger partial charge on any atom is 0.0502 e. The van der Waals surface area contributed by atoms with Gasteiger partial charge in [-0.3, -0.25) is 0 Å². The highest BCUT2D eigenvalue weighted by molar-refractivity contribution is 5.92. The van der Waals surface area contributed by atoms with Crippen molar-refractivity contribution < 1.29 is 0 Å². The van der Waals surface area contributed by atoms with Crippen LogP contribution in [0.1, 0.15) is 164 Å². The highest BCUT2D eigenvalue weighted by atomic mass is 15.2. The molecule has 0 aromatic heterocycles. The van der Waals surface area contributed by atoms with Gasteiger partial charge in [-0.2, -0.15) is 0 Å². The second kappa shape index (κ2) is 13.3. The summed E-state index contributed by atoms with van der Waals surface area (Å²) >= 11 is 0. The lowest BCUT2D eigenvalue weighted by molar-refractivity contribution is 0.299. The average molecular weight is 843 g/mol. The molecule has 6 aromatic carbocycles. The predicted octanol–water partition coefficient (Wildman–Crippen LogP) is 17.1. The highest BCUT2D eigenvalue weighted by Crippen LogP contribution is 2.72. The summed E-state index contributed by atoms with van der Waals surface area (Å²) in [6.07, 6.45) is 4.96. The lowest BCUT2D eigenvalue weighted by Crippen LogP contribution is -2.43. The van der Waals surface area contributed by atoms with Crippen LogP contribution in [0.3, 0.4) is 0 Å². The lowest BCUT2D eigenvalue weighted by atomic mass is 9.55. The van der Waals surface area contributed by atoms with Gasteiger partial charge in [-0.05, 0) is 166 Å². The Hall–Kier alpha value is -5.08. The molecule has 0 unspecified atom stereocenters. The molecule has 0 bridgehead atoms. The monoisotopic (exact) mass is 843 g/mol. The van der Waals surface area contributed by atoms with E-state index >= 15 is 0 Å². The highest BCUT2D eigenvalue weighted by Gasteiger charge is 2.65. The zero-order valence-electron chi connectivity index (χ0n) is 41.3. The van der Waals surface area contributed by atoms with Crippen LogP contribution in [0.2, 0.25) is 0 Å².